The third-order valence-electron chi connectivity index (χ3n) is 4.32. The zero-order valence-electron chi connectivity index (χ0n) is 15.6. The second-order valence-electron chi connectivity index (χ2n) is 6.45. The summed E-state index contributed by atoms with van der Waals surface area (Å²) in [7, 11) is 0. The van der Waals surface area contributed by atoms with Crippen LogP contribution in [0.5, 0.6) is 11.5 Å². The van der Waals surface area contributed by atoms with E-state index in [-0.39, 0.29) is 5.63 Å². The molecule has 0 bridgehead atoms. The van der Waals surface area contributed by atoms with E-state index < -0.39 is 0 Å². The molecule has 4 rings (SSSR count). The predicted molar refractivity (Wildman–Crippen MR) is 120 cm³/mol. The van der Waals surface area contributed by atoms with Crippen LogP contribution in [0.15, 0.2) is 88.1 Å². The fourth-order valence-electron chi connectivity index (χ4n) is 2.96. The third-order valence-corrected chi connectivity index (χ3v) is 4.52. The minimum absolute atomic E-state index is 0.375. The Labute approximate surface area is 172 Å². The maximum atomic E-state index is 11.6. The number of nitrogens with one attached hydrogen (secondary N) is 2. The van der Waals surface area contributed by atoms with Crippen LogP contribution >= 0.6 is 12.2 Å². The average molecular weight is 402 g/mol. The Morgan fingerprint density at radius 2 is 1.69 bits per heavy atom. The number of thiocarbonyl (C=S) groups is 1. The summed E-state index contributed by atoms with van der Waals surface area (Å²) < 4.78 is 11.2. The second-order valence-corrected chi connectivity index (χ2v) is 6.86. The zero-order valence-corrected chi connectivity index (χ0v) is 16.5. The van der Waals surface area contributed by atoms with E-state index in [1.54, 1.807) is 6.07 Å². The minimum atomic E-state index is -0.375. The van der Waals surface area contributed by atoms with Gasteiger partial charge in [-0.25, -0.2) is 4.79 Å². The third kappa shape index (κ3) is 4.44. The quantitative estimate of drug-likeness (QED) is 0.337. The highest BCUT2D eigenvalue weighted by Gasteiger charge is 2.08. The van der Waals surface area contributed by atoms with Crippen molar-refractivity contribution in [3.05, 3.63) is 94.8 Å². The summed E-state index contributed by atoms with van der Waals surface area (Å²) in [5.41, 5.74) is 2.45. The highest BCUT2D eigenvalue weighted by molar-refractivity contribution is 7.80. The number of hydrogen-bond acceptors (Lipinski definition) is 4. The highest BCUT2D eigenvalue weighted by Crippen LogP contribution is 2.29. The normalized spacial score (nSPS) is 10.5. The number of aryl methyl sites for hydroxylation is 1. The van der Waals surface area contributed by atoms with Gasteiger partial charge in [0.2, 0.25) is 0 Å². The molecule has 0 spiro atoms. The lowest BCUT2D eigenvalue weighted by Crippen LogP contribution is -2.19. The van der Waals surface area contributed by atoms with Crippen LogP contribution in [0.3, 0.4) is 0 Å². The van der Waals surface area contributed by atoms with Crippen molar-refractivity contribution in [2.24, 2.45) is 0 Å². The SMILES string of the molecule is Cc1cc(=O)oc2cc(NC(=S)Nc3ccccc3Oc3ccccc3)ccc12. The number of anilines is 2. The molecular weight excluding hydrogens is 384 g/mol. The van der Waals surface area contributed by atoms with Crippen LogP contribution in [0.1, 0.15) is 5.56 Å². The number of fused-ring (bicyclic) bond motifs is 1. The van der Waals surface area contributed by atoms with Gasteiger partial charge in [0.25, 0.3) is 0 Å². The first-order chi connectivity index (χ1) is 14.1. The monoisotopic (exact) mass is 402 g/mol. The Morgan fingerprint density at radius 3 is 2.52 bits per heavy atom. The summed E-state index contributed by atoms with van der Waals surface area (Å²) in [4.78, 5) is 11.6. The lowest BCUT2D eigenvalue weighted by molar-refractivity contribution is 0.485. The minimum Gasteiger partial charge on any atom is -0.455 e. The number of benzene rings is 3. The lowest BCUT2D eigenvalue weighted by atomic mass is 10.1. The summed E-state index contributed by atoms with van der Waals surface area (Å²) in [6.07, 6.45) is 0. The zero-order chi connectivity index (χ0) is 20.2. The van der Waals surface area contributed by atoms with Gasteiger partial charge in [0.05, 0.1) is 5.69 Å². The summed E-state index contributed by atoms with van der Waals surface area (Å²) >= 11 is 5.45. The van der Waals surface area contributed by atoms with Gasteiger partial charge in [0, 0.05) is 23.2 Å². The lowest BCUT2D eigenvalue weighted by Gasteiger charge is -2.15. The number of rotatable bonds is 4. The van der Waals surface area contributed by atoms with Gasteiger partial charge < -0.3 is 19.8 Å². The Balaban J connectivity index is 1.52. The number of ether oxygens (including phenoxy) is 1. The molecule has 0 aliphatic heterocycles. The van der Waals surface area contributed by atoms with Crippen molar-refractivity contribution in [3.63, 3.8) is 0 Å². The Bertz CT molecular complexity index is 1240. The largest absolute Gasteiger partial charge is 0.455 e. The first-order valence-corrected chi connectivity index (χ1v) is 9.44. The first-order valence-electron chi connectivity index (χ1n) is 9.03. The molecule has 144 valence electrons. The van der Waals surface area contributed by atoms with Gasteiger partial charge in [0.1, 0.15) is 11.3 Å². The van der Waals surface area contributed by atoms with Gasteiger partial charge >= 0.3 is 5.63 Å². The van der Waals surface area contributed by atoms with Gasteiger partial charge in [-0.1, -0.05) is 30.3 Å². The Hall–Kier alpha value is -3.64. The summed E-state index contributed by atoms with van der Waals surface area (Å²) in [5.74, 6) is 1.39. The van der Waals surface area contributed by atoms with E-state index in [1.165, 1.54) is 6.07 Å². The van der Waals surface area contributed by atoms with Crippen molar-refractivity contribution >= 4 is 39.7 Å². The first kappa shape index (κ1) is 18.7. The van der Waals surface area contributed by atoms with Gasteiger partial charge in [-0.15, -0.1) is 0 Å². The van der Waals surface area contributed by atoms with Crippen LogP contribution in [0.4, 0.5) is 11.4 Å². The molecule has 0 fully saturated rings. The van der Waals surface area contributed by atoms with E-state index in [0.29, 0.717) is 22.1 Å². The molecule has 3 aromatic carbocycles. The molecule has 0 amide bonds. The Morgan fingerprint density at radius 1 is 0.931 bits per heavy atom. The fraction of sp³-hybridized carbons (Fsp3) is 0.0435. The van der Waals surface area contributed by atoms with Crippen LogP contribution in [-0.4, -0.2) is 5.11 Å². The molecule has 29 heavy (non-hydrogen) atoms. The van der Waals surface area contributed by atoms with Crippen LogP contribution in [0, 0.1) is 6.92 Å². The van der Waals surface area contributed by atoms with Crippen LogP contribution in [0.25, 0.3) is 11.0 Å². The molecule has 0 atom stereocenters. The van der Waals surface area contributed by atoms with Crippen LogP contribution < -0.4 is 21.0 Å². The van der Waals surface area contributed by atoms with Crippen LogP contribution in [-0.2, 0) is 0 Å². The van der Waals surface area contributed by atoms with E-state index in [1.807, 2.05) is 73.7 Å². The van der Waals surface area contributed by atoms with Gasteiger partial charge in [-0.3, -0.25) is 0 Å². The van der Waals surface area contributed by atoms with Crippen molar-refractivity contribution < 1.29 is 9.15 Å². The molecule has 4 aromatic rings. The maximum absolute atomic E-state index is 11.6. The predicted octanol–water partition coefficient (Wildman–Crippen LogP) is 5.70. The second kappa shape index (κ2) is 8.16. The smallest absolute Gasteiger partial charge is 0.336 e. The molecule has 2 N–H and O–H groups in total. The van der Waals surface area contributed by atoms with Crippen molar-refractivity contribution in [2.45, 2.75) is 6.92 Å². The van der Waals surface area contributed by atoms with Crippen molar-refractivity contribution in [2.75, 3.05) is 10.6 Å². The maximum Gasteiger partial charge on any atom is 0.336 e. The van der Waals surface area contributed by atoms with Gasteiger partial charge in [-0.2, -0.15) is 0 Å². The molecule has 1 heterocycles. The van der Waals surface area contributed by atoms with E-state index >= 15 is 0 Å². The highest BCUT2D eigenvalue weighted by atomic mass is 32.1. The van der Waals surface area contributed by atoms with Crippen molar-refractivity contribution in [1.82, 2.24) is 0 Å². The molecule has 6 heteroatoms. The molecule has 0 saturated carbocycles. The molecule has 5 nitrogen and oxygen atoms in total. The van der Waals surface area contributed by atoms with Gasteiger partial charge in [-0.05, 0) is 61.1 Å². The number of para-hydroxylation sites is 3. The van der Waals surface area contributed by atoms with Crippen molar-refractivity contribution in [1.29, 1.82) is 0 Å². The summed E-state index contributed by atoms with van der Waals surface area (Å²) in [6.45, 7) is 1.88. The number of hydrogen-bond donors (Lipinski definition) is 2. The topological polar surface area (TPSA) is 63.5 Å². The summed E-state index contributed by atoms with van der Waals surface area (Å²) in [6, 6.07) is 24.1. The van der Waals surface area contributed by atoms with E-state index in [4.69, 9.17) is 21.4 Å². The van der Waals surface area contributed by atoms with Crippen molar-refractivity contribution in [3.8, 4) is 11.5 Å². The van der Waals surface area contributed by atoms with E-state index in [9.17, 15) is 4.79 Å². The Kier molecular flexibility index (Phi) is 5.27. The molecule has 0 radical (unpaired) electrons. The molecule has 0 saturated heterocycles. The van der Waals surface area contributed by atoms with Gasteiger partial charge in [0.15, 0.2) is 10.9 Å². The van der Waals surface area contributed by atoms with Crippen LogP contribution in [0.2, 0.25) is 0 Å². The molecule has 0 unspecified atom stereocenters. The van der Waals surface area contributed by atoms with E-state index in [0.717, 1.165) is 22.4 Å². The molecule has 1 aromatic heterocycles. The molecule has 0 aliphatic carbocycles. The standard InChI is InChI=1S/C23H18N2O3S/c1-15-13-22(26)28-21-14-16(11-12-18(15)21)24-23(29)25-19-9-5-6-10-20(19)27-17-7-3-2-4-8-17/h2-14H,1H3,(H2,24,25,29). The summed E-state index contributed by atoms with van der Waals surface area (Å²) in [5, 5.41) is 7.55. The average Bonchev–Trinajstić information content (AvgIpc) is 2.70. The molecule has 0 aliphatic rings. The fourth-order valence-corrected chi connectivity index (χ4v) is 3.19. The molecular formula is C23H18N2O3S. The van der Waals surface area contributed by atoms with E-state index in [2.05, 4.69) is 10.6 Å².